The third kappa shape index (κ3) is 1.74. The van der Waals surface area contributed by atoms with E-state index in [-0.39, 0.29) is 5.91 Å². The highest BCUT2D eigenvalue weighted by Gasteiger charge is 2.13. The molecule has 4 heteroatoms. The Kier molecular flexibility index (Phi) is 2.56. The molecule has 1 heterocycles. The van der Waals surface area contributed by atoms with Gasteiger partial charge in [-0.15, -0.1) is 10.2 Å². The fourth-order valence-electron chi connectivity index (χ4n) is 1.63. The highest BCUT2D eigenvalue weighted by molar-refractivity contribution is 5.81. The second kappa shape index (κ2) is 3.89. The second-order valence-electron chi connectivity index (χ2n) is 3.79. The molecule has 0 aliphatic heterocycles. The van der Waals surface area contributed by atoms with Crippen LogP contribution in [0.25, 0.3) is 11.4 Å². The van der Waals surface area contributed by atoms with Crippen molar-refractivity contribution < 1.29 is 4.79 Å². The quantitative estimate of drug-likeness (QED) is 0.732. The van der Waals surface area contributed by atoms with Crippen molar-refractivity contribution in [1.82, 2.24) is 14.8 Å². The third-order valence-corrected chi connectivity index (χ3v) is 2.45. The van der Waals surface area contributed by atoms with Crippen LogP contribution >= 0.6 is 0 Å². The zero-order chi connectivity index (χ0) is 11.7. The minimum Gasteiger partial charge on any atom is -0.274 e. The zero-order valence-corrected chi connectivity index (χ0v) is 9.56. The van der Waals surface area contributed by atoms with Gasteiger partial charge in [-0.1, -0.05) is 29.8 Å². The van der Waals surface area contributed by atoms with Crippen molar-refractivity contribution in [3.8, 4) is 11.4 Å². The summed E-state index contributed by atoms with van der Waals surface area (Å²) >= 11 is 0. The lowest BCUT2D eigenvalue weighted by molar-refractivity contribution is 0.0936. The second-order valence-corrected chi connectivity index (χ2v) is 3.79. The lowest BCUT2D eigenvalue weighted by Gasteiger charge is -2.04. The molecule has 16 heavy (non-hydrogen) atoms. The summed E-state index contributed by atoms with van der Waals surface area (Å²) in [7, 11) is 0. The molecule has 0 N–H and O–H groups in total. The van der Waals surface area contributed by atoms with Crippen molar-refractivity contribution in [2.75, 3.05) is 0 Å². The van der Waals surface area contributed by atoms with E-state index in [0.29, 0.717) is 11.6 Å². The number of rotatable bonds is 1. The van der Waals surface area contributed by atoms with Crippen LogP contribution < -0.4 is 0 Å². The summed E-state index contributed by atoms with van der Waals surface area (Å²) in [5.41, 5.74) is 2.08. The normalized spacial score (nSPS) is 10.4. The molecular weight excluding hydrogens is 202 g/mol. The van der Waals surface area contributed by atoms with Crippen molar-refractivity contribution in [3.05, 3.63) is 35.7 Å². The van der Waals surface area contributed by atoms with Gasteiger partial charge in [0.25, 0.3) is 0 Å². The summed E-state index contributed by atoms with van der Waals surface area (Å²) in [6.45, 7) is 5.30. The number of aryl methyl sites for hydroxylation is 2. The molecule has 2 aromatic rings. The molecule has 0 radical (unpaired) electrons. The molecule has 0 saturated heterocycles. The van der Waals surface area contributed by atoms with Crippen molar-refractivity contribution in [1.29, 1.82) is 0 Å². The fraction of sp³-hybridized carbons (Fsp3) is 0.250. The predicted octanol–water partition coefficient (Wildman–Crippen LogP) is 2.22. The van der Waals surface area contributed by atoms with E-state index < -0.39 is 0 Å². The van der Waals surface area contributed by atoms with E-state index in [0.717, 1.165) is 5.56 Å². The summed E-state index contributed by atoms with van der Waals surface area (Å²) in [5, 5.41) is 7.96. The van der Waals surface area contributed by atoms with Crippen molar-refractivity contribution in [3.63, 3.8) is 0 Å². The number of carbonyl (C=O) groups is 1. The Morgan fingerprint density at radius 2 is 1.75 bits per heavy atom. The molecule has 0 atom stereocenters. The zero-order valence-electron chi connectivity index (χ0n) is 9.56. The Morgan fingerprint density at radius 3 is 2.31 bits per heavy atom. The van der Waals surface area contributed by atoms with E-state index in [1.54, 1.807) is 6.92 Å². The number of benzene rings is 1. The van der Waals surface area contributed by atoms with E-state index >= 15 is 0 Å². The molecule has 0 aliphatic rings. The molecule has 2 rings (SSSR count). The van der Waals surface area contributed by atoms with Gasteiger partial charge in [0.05, 0.1) is 0 Å². The predicted molar refractivity (Wildman–Crippen MR) is 61.2 cm³/mol. The first kappa shape index (κ1) is 10.5. The Bertz CT molecular complexity index is 526. The Balaban J connectivity index is 2.56. The van der Waals surface area contributed by atoms with Crippen LogP contribution in [0.3, 0.4) is 0 Å². The lowest BCUT2D eigenvalue weighted by atomic mass is 10.1. The molecule has 0 saturated carbocycles. The van der Waals surface area contributed by atoms with Gasteiger partial charge in [-0.05, 0) is 13.8 Å². The highest BCUT2D eigenvalue weighted by atomic mass is 16.2. The van der Waals surface area contributed by atoms with Crippen LogP contribution in [0.1, 0.15) is 23.1 Å². The van der Waals surface area contributed by atoms with E-state index in [2.05, 4.69) is 10.2 Å². The van der Waals surface area contributed by atoms with Gasteiger partial charge in [0.2, 0.25) is 5.91 Å². The largest absolute Gasteiger partial charge is 0.274 e. The van der Waals surface area contributed by atoms with Crippen molar-refractivity contribution in [2.24, 2.45) is 0 Å². The van der Waals surface area contributed by atoms with Crippen molar-refractivity contribution in [2.45, 2.75) is 20.8 Å². The van der Waals surface area contributed by atoms with Crippen LogP contribution in [-0.2, 0) is 0 Å². The summed E-state index contributed by atoms with van der Waals surface area (Å²) in [6, 6.07) is 7.87. The molecule has 82 valence electrons. The van der Waals surface area contributed by atoms with Gasteiger partial charge in [0.15, 0.2) is 5.82 Å². The standard InChI is InChI=1S/C12H13N3O/c1-8-4-6-11(7-5-8)12-14-13-9(2)15(12)10(3)16/h4-7H,1-3H3. The smallest absolute Gasteiger partial charge is 0.230 e. The molecular formula is C12H13N3O. The monoisotopic (exact) mass is 215 g/mol. The number of aromatic nitrogens is 3. The number of hydrogen-bond donors (Lipinski definition) is 0. The maximum absolute atomic E-state index is 11.5. The van der Waals surface area contributed by atoms with Crippen LogP contribution in [0.15, 0.2) is 24.3 Å². The van der Waals surface area contributed by atoms with E-state index in [9.17, 15) is 4.79 Å². The van der Waals surface area contributed by atoms with Gasteiger partial charge < -0.3 is 0 Å². The van der Waals surface area contributed by atoms with Crippen LogP contribution in [-0.4, -0.2) is 20.7 Å². The molecule has 4 nitrogen and oxygen atoms in total. The molecule has 0 bridgehead atoms. The Labute approximate surface area is 93.9 Å². The molecule has 1 aromatic heterocycles. The van der Waals surface area contributed by atoms with Gasteiger partial charge >= 0.3 is 0 Å². The summed E-state index contributed by atoms with van der Waals surface area (Å²) in [4.78, 5) is 11.5. The highest BCUT2D eigenvalue weighted by Crippen LogP contribution is 2.18. The molecule has 0 amide bonds. The van der Waals surface area contributed by atoms with Crippen LogP contribution in [0, 0.1) is 13.8 Å². The summed E-state index contributed by atoms with van der Waals surface area (Å²) in [6.07, 6.45) is 0. The van der Waals surface area contributed by atoms with Crippen molar-refractivity contribution >= 4 is 5.91 Å². The van der Waals surface area contributed by atoms with Gasteiger partial charge in [0.1, 0.15) is 5.82 Å². The lowest BCUT2D eigenvalue weighted by Crippen LogP contribution is -2.09. The molecule has 0 fully saturated rings. The van der Waals surface area contributed by atoms with Gasteiger partial charge in [-0.3, -0.25) is 4.79 Å². The number of hydrogen-bond acceptors (Lipinski definition) is 3. The first-order valence-corrected chi connectivity index (χ1v) is 5.09. The average Bonchev–Trinajstić information content (AvgIpc) is 2.61. The fourth-order valence-corrected chi connectivity index (χ4v) is 1.63. The SMILES string of the molecule is CC(=O)n1c(C)nnc1-c1ccc(C)cc1. The Hall–Kier alpha value is -1.97. The molecule has 1 aromatic carbocycles. The number of nitrogens with zero attached hydrogens (tertiary/aromatic N) is 3. The Morgan fingerprint density at radius 1 is 1.12 bits per heavy atom. The van der Waals surface area contributed by atoms with Gasteiger partial charge in [-0.2, -0.15) is 0 Å². The van der Waals surface area contributed by atoms with Crippen LogP contribution in [0.2, 0.25) is 0 Å². The maximum atomic E-state index is 11.5. The topological polar surface area (TPSA) is 47.8 Å². The molecule has 0 unspecified atom stereocenters. The van der Waals surface area contributed by atoms with E-state index in [4.69, 9.17) is 0 Å². The minimum absolute atomic E-state index is 0.0712. The summed E-state index contributed by atoms with van der Waals surface area (Å²) in [5.74, 6) is 1.14. The minimum atomic E-state index is -0.0712. The van der Waals surface area contributed by atoms with Gasteiger partial charge in [0, 0.05) is 12.5 Å². The first-order valence-electron chi connectivity index (χ1n) is 5.09. The van der Waals surface area contributed by atoms with E-state index in [1.807, 2.05) is 31.2 Å². The van der Waals surface area contributed by atoms with Crippen LogP contribution in [0.5, 0.6) is 0 Å². The van der Waals surface area contributed by atoms with Gasteiger partial charge in [-0.25, -0.2) is 4.57 Å². The first-order chi connectivity index (χ1) is 7.59. The molecule has 0 spiro atoms. The van der Waals surface area contributed by atoms with Crippen LogP contribution in [0.4, 0.5) is 0 Å². The van der Waals surface area contributed by atoms with E-state index in [1.165, 1.54) is 17.1 Å². The third-order valence-electron chi connectivity index (χ3n) is 2.45. The number of carbonyl (C=O) groups excluding carboxylic acids is 1. The summed E-state index contributed by atoms with van der Waals surface area (Å²) < 4.78 is 1.52. The average molecular weight is 215 g/mol. The molecule has 0 aliphatic carbocycles. The maximum Gasteiger partial charge on any atom is 0.230 e.